The van der Waals surface area contributed by atoms with Gasteiger partial charge in [0.15, 0.2) is 0 Å². The predicted molar refractivity (Wildman–Crippen MR) is 135 cm³/mol. The lowest BCUT2D eigenvalue weighted by atomic mass is 10.1. The first kappa shape index (κ1) is 22.8. The van der Waals surface area contributed by atoms with Gasteiger partial charge in [0, 0.05) is 24.3 Å². The lowest BCUT2D eigenvalue weighted by molar-refractivity contribution is -0.123. The smallest absolute Gasteiger partial charge is 0.222 e. The van der Waals surface area contributed by atoms with Gasteiger partial charge in [-0.3, -0.25) is 4.79 Å². The van der Waals surface area contributed by atoms with Gasteiger partial charge in [-0.25, -0.2) is 4.98 Å². The summed E-state index contributed by atoms with van der Waals surface area (Å²) >= 11 is 0. The van der Waals surface area contributed by atoms with Crippen LogP contribution in [-0.2, 0) is 17.8 Å². The minimum absolute atomic E-state index is 0.0426. The number of imidazole rings is 1. The van der Waals surface area contributed by atoms with Gasteiger partial charge in [0.2, 0.25) is 5.91 Å². The molecule has 0 saturated heterocycles. The van der Waals surface area contributed by atoms with Gasteiger partial charge in [-0.1, -0.05) is 68.8 Å². The molecule has 0 radical (unpaired) electrons. The molecule has 172 valence electrons. The van der Waals surface area contributed by atoms with E-state index in [4.69, 9.17) is 9.72 Å². The average molecular weight is 444 g/mol. The normalized spacial score (nSPS) is 11.4. The number of ether oxygens (including phenoxy) is 1. The Morgan fingerprint density at radius 3 is 2.64 bits per heavy atom. The Balaban J connectivity index is 1.36. The van der Waals surface area contributed by atoms with Gasteiger partial charge in [0.05, 0.1) is 17.6 Å². The van der Waals surface area contributed by atoms with Gasteiger partial charge < -0.3 is 14.6 Å². The van der Waals surface area contributed by atoms with Crippen molar-refractivity contribution in [2.75, 3.05) is 13.2 Å². The Bertz CT molecular complexity index is 1210. The van der Waals surface area contributed by atoms with E-state index in [9.17, 15) is 4.79 Å². The molecule has 5 nitrogen and oxygen atoms in total. The second-order valence-electron chi connectivity index (χ2n) is 8.75. The van der Waals surface area contributed by atoms with Gasteiger partial charge in [-0.15, -0.1) is 0 Å². The Morgan fingerprint density at radius 2 is 1.76 bits per heavy atom. The molecule has 0 aliphatic heterocycles. The van der Waals surface area contributed by atoms with E-state index in [1.165, 1.54) is 5.39 Å². The van der Waals surface area contributed by atoms with Crippen molar-refractivity contribution >= 4 is 27.7 Å². The Morgan fingerprint density at radius 1 is 0.970 bits per heavy atom. The zero-order valence-corrected chi connectivity index (χ0v) is 19.6. The van der Waals surface area contributed by atoms with Crippen molar-refractivity contribution in [1.29, 1.82) is 0 Å². The lowest BCUT2D eigenvalue weighted by Gasteiger charge is -2.12. The van der Waals surface area contributed by atoms with E-state index in [1.807, 2.05) is 44.2 Å². The van der Waals surface area contributed by atoms with E-state index in [0.717, 1.165) is 66.8 Å². The van der Waals surface area contributed by atoms with Crippen LogP contribution in [0, 0.1) is 5.92 Å². The van der Waals surface area contributed by atoms with Gasteiger partial charge in [0.25, 0.3) is 0 Å². The molecule has 1 heterocycles. The van der Waals surface area contributed by atoms with Crippen LogP contribution in [0.5, 0.6) is 5.75 Å². The minimum atomic E-state index is 0.0426. The van der Waals surface area contributed by atoms with Crippen LogP contribution < -0.4 is 10.1 Å². The topological polar surface area (TPSA) is 56.2 Å². The standard InChI is InChI=1S/C28H33N3O2/c1-21(2)28(32)29-18-9-3-4-17-27-30-24-14-7-8-15-25(24)31(27)19-20-33-26-16-10-12-22-11-5-6-13-23(22)26/h5-8,10-16,21H,3-4,9,17-20H2,1-2H3,(H,29,32). The molecule has 0 fully saturated rings. The number of carbonyl (C=O) groups excluding carboxylic acids is 1. The third-order valence-electron chi connectivity index (χ3n) is 5.96. The van der Waals surface area contributed by atoms with E-state index < -0.39 is 0 Å². The number of hydrogen-bond acceptors (Lipinski definition) is 3. The number of unbranched alkanes of at least 4 members (excludes halogenated alkanes) is 2. The summed E-state index contributed by atoms with van der Waals surface area (Å²) in [5.74, 6) is 2.19. The maximum Gasteiger partial charge on any atom is 0.222 e. The van der Waals surface area contributed by atoms with Gasteiger partial charge in [0.1, 0.15) is 18.2 Å². The molecular weight excluding hydrogens is 410 g/mol. The largest absolute Gasteiger partial charge is 0.491 e. The molecule has 0 bridgehead atoms. The van der Waals surface area contributed by atoms with Crippen molar-refractivity contribution in [3.8, 4) is 5.75 Å². The van der Waals surface area contributed by atoms with Crippen LogP contribution in [0.3, 0.4) is 0 Å². The summed E-state index contributed by atoms with van der Waals surface area (Å²) in [6.07, 6.45) is 4.02. The van der Waals surface area contributed by atoms with Crippen LogP contribution in [-0.4, -0.2) is 28.6 Å². The molecule has 4 aromatic rings. The molecule has 0 saturated carbocycles. The molecule has 1 amide bonds. The molecular formula is C28H33N3O2. The molecule has 0 spiro atoms. The molecule has 3 aromatic carbocycles. The van der Waals surface area contributed by atoms with Crippen LogP contribution >= 0.6 is 0 Å². The van der Waals surface area contributed by atoms with E-state index >= 15 is 0 Å². The number of benzene rings is 3. The average Bonchev–Trinajstić information content (AvgIpc) is 3.18. The van der Waals surface area contributed by atoms with E-state index in [1.54, 1.807) is 0 Å². The van der Waals surface area contributed by atoms with Crippen LogP contribution in [0.2, 0.25) is 0 Å². The number of aryl methyl sites for hydroxylation is 1. The summed E-state index contributed by atoms with van der Waals surface area (Å²) in [6, 6.07) is 22.8. The van der Waals surface area contributed by atoms with E-state index in [-0.39, 0.29) is 11.8 Å². The van der Waals surface area contributed by atoms with Crippen LogP contribution in [0.15, 0.2) is 66.7 Å². The fraction of sp³-hybridized carbons (Fsp3) is 0.357. The lowest BCUT2D eigenvalue weighted by Crippen LogP contribution is -2.28. The molecule has 0 atom stereocenters. The maximum absolute atomic E-state index is 11.7. The van der Waals surface area contributed by atoms with Gasteiger partial charge >= 0.3 is 0 Å². The zero-order chi connectivity index (χ0) is 23.0. The maximum atomic E-state index is 11.7. The second kappa shape index (κ2) is 11.0. The van der Waals surface area contributed by atoms with E-state index in [0.29, 0.717) is 6.61 Å². The van der Waals surface area contributed by atoms with Crippen molar-refractivity contribution in [2.45, 2.75) is 46.1 Å². The van der Waals surface area contributed by atoms with Crippen molar-refractivity contribution in [1.82, 2.24) is 14.9 Å². The highest BCUT2D eigenvalue weighted by Gasteiger charge is 2.11. The third-order valence-corrected chi connectivity index (χ3v) is 5.96. The number of carbonyl (C=O) groups is 1. The quantitative estimate of drug-likeness (QED) is 0.300. The SMILES string of the molecule is CC(C)C(=O)NCCCCCc1nc2ccccc2n1CCOc1cccc2ccccc12. The fourth-order valence-corrected chi connectivity index (χ4v) is 4.13. The van der Waals surface area contributed by atoms with Gasteiger partial charge in [-0.2, -0.15) is 0 Å². The van der Waals surface area contributed by atoms with Crippen molar-refractivity contribution < 1.29 is 9.53 Å². The van der Waals surface area contributed by atoms with E-state index in [2.05, 4.69) is 46.3 Å². The number of nitrogens with one attached hydrogen (secondary N) is 1. The van der Waals surface area contributed by atoms with Gasteiger partial charge in [-0.05, 0) is 36.4 Å². The Kier molecular flexibility index (Phi) is 7.61. The third kappa shape index (κ3) is 5.72. The Labute approximate surface area is 195 Å². The van der Waals surface area contributed by atoms with Crippen LogP contribution in [0.4, 0.5) is 0 Å². The highest BCUT2D eigenvalue weighted by atomic mass is 16.5. The number of para-hydroxylation sites is 2. The van der Waals surface area contributed by atoms with Crippen LogP contribution in [0.1, 0.15) is 38.9 Å². The second-order valence-corrected chi connectivity index (χ2v) is 8.75. The number of nitrogens with zero attached hydrogens (tertiary/aromatic N) is 2. The molecule has 33 heavy (non-hydrogen) atoms. The summed E-state index contributed by atoms with van der Waals surface area (Å²) in [5, 5.41) is 5.32. The number of aromatic nitrogens is 2. The van der Waals surface area contributed by atoms with Crippen molar-refractivity contribution in [2.24, 2.45) is 5.92 Å². The summed E-state index contributed by atoms with van der Waals surface area (Å²) < 4.78 is 8.50. The highest BCUT2D eigenvalue weighted by molar-refractivity contribution is 5.88. The first-order chi connectivity index (χ1) is 16.1. The zero-order valence-electron chi connectivity index (χ0n) is 19.6. The molecule has 0 aliphatic rings. The summed E-state index contributed by atoms with van der Waals surface area (Å²) in [6.45, 7) is 5.92. The minimum Gasteiger partial charge on any atom is -0.491 e. The molecule has 5 heteroatoms. The van der Waals surface area contributed by atoms with Crippen LogP contribution in [0.25, 0.3) is 21.8 Å². The highest BCUT2D eigenvalue weighted by Crippen LogP contribution is 2.25. The first-order valence-corrected chi connectivity index (χ1v) is 12.0. The number of hydrogen-bond donors (Lipinski definition) is 1. The first-order valence-electron chi connectivity index (χ1n) is 12.0. The molecule has 1 N–H and O–H groups in total. The molecule has 1 aromatic heterocycles. The monoisotopic (exact) mass is 443 g/mol. The summed E-state index contributed by atoms with van der Waals surface area (Å²) in [5.41, 5.74) is 2.18. The molecule has 4 rings (SSSR count). The molecule has 0 aliphatic carbocycles. The summed E-state index contributed by atoms with van der Waals surface area (Å²) in [7, 11) is 0. The van der Waals surface area contributed by atoms with Crippen molar-refractivity contribution in [3.05, 3.63) is 72.6 Å². The van der Waals surface area contributed by atoms with Crippen molar-refractivity contribution in [3.63, 3.8) is 0 Å². The predicted octanol–water partition coefficient (Wildman–Crippen LogP) is 5.75. The molecule has 0 unspecified atom stereocenters. The number of fused-ring (bicyclic) bond motifs is 2. The Hall–Kier alpha value is -3.34. The number of amides is 1. The summed E-state index contributed by atoms with van der Waals surface area (Å²) in [4.78, 5) is 16.6. The number of rotatable bonds is 11. The fourth-order valence-electron chi connectivity index (χ4n) is 4.13.